The Balaban J connectivity index is 1.20. The first kappa shape index (κ1) is 35.3. The SMILES string of the molecule is Bc1c(B)c(B)c(-c2ccc3c(-c4ccc(-c5nc6ccccc6n5-c5ccccc5)cc4)c4ccccc4c(-c4cccc5oc6ccccc6c45)c3c2)c(B)c1B. The van der Waals surface area contributed by atoms with Gasteiger partial charge in [0.15, 0.2) is 0 Å². The highest BCUT2D eigenvalue weighted by atomic mass is 16.3. The average molecular weight is 748 g/mol. The molecule has 0 saturated carbocycles. The van der Waals surface area contributed by atoms with Crippen LogP contribution in [0.3, 0.4) is 0 Å². The lowest BCUT2D eigenvalue weighted by molar-refractivity contribution is 0.669. The number of benzene rings is 9. The van der Waals surface area contributed by atoms with Crippen LogP contribution in [0.2, 0.25) is 0 Å². The minimum Gasteiger partial charge on any atom is -0.456 e. The van der Waals surface area contributed by atoms with Crippen LogP contribution in [-0.2, 0) is 0 Å². The molecule has 3 nitrogen and oxygen atoms in total. The molecule has 59 heavy (non-hydrogen) atoms. The molecule has 2 aromatic heterocycles. The number of furan rings is 1. The number of rotatable bonds is 5. The van der Waals surface area contributed by atoms with Crippen LogP contribution in [0.5, 0.6) is 0 Å². The molecule has 272 valence electrons. The van der Waals surface area contributed by atoms with Crippen molar-refractivity contribution in [2.45, 2.75) is 0 Å². The smallest absolute Gasteiger partial charge is 0.145 e. The van der Waals surface area contributed by atoms with E-state index in [2.05, 4.69) is 208 Å². The zero-order chi connectivity index (χ0) is 39.9. The van der Waals surface area contributed by atoms with Gasteiger partial charge in [0.2, 0.25) is 0 Å². The molecule has 0 aliphatic heterocycles. The van der Waals surface area contributed by atoms with Gasteiger partial charge in [0.25, 0.3) is 0 Å². The van der Waals surface area contributed by atoms with Crippen molar-refractivity contribution < 1.29 is 4.42 Å². The molecule has 0 fully saturated rings. The highest BCUT2D eigenvalue weighted by molar-refractivity contribution is 6.68. The van der Waals surface area contributed by atoms with Gasteiger partial charge in [0.05, 0.1) is 11.0 Å². The van der Waals surface area contributed by atoms with Crippen LogP contribution in [0.4, 0.5) is 0 Å². The van der Waals surface area contributed by atoms with Crippen molar-refractivity contribution in [1.82, 2.24) is 9.55 Å². The molecule has 9 aromatic carbocycles. The molecule has 8 heteroatoms. The minimum atomic E-state index is 0.898. The maximum absolute atomic E-state index is 6.49. The molecule has 0 N–H and O–H groups in total. The van der Waals surface area contributed by atoms with Gasteiger partial charge in [-0.05, 0) is 97.4 Å². The van der Waals surface area contributed by atoms with Crippen molar-refractivity contribution in [3.63, 3.8) is 0 Å². The standard InChI is InChI=1S/C51H37B5N2O/c52-46-43(47(53)49(55)50(56)48(46)54)30-25-26-34-37(27-30)44(36-16-10-20-41-45(36)35-15-6-9-19-40(35)59-41)33-14-5-4-13-32(33)42(34)28-21-23-29(24-22-28)51-57-38-17-7-8-18-39(38)58(51)31-11-2-1-3-12-31/h1-27H,52-56H2. The maximum atomic E-state index is 6.49. The molecule has 0 aliphatic rings. The Hall–Kier alpha value is -6.91. The quantitative estimate of drug-likeness (QED) is 0.180. The molecule has 11 aromatic rings. The number of imidazole rings is 1. The molecule has 0 spiro atoms. The van der Waals surface area contributed by atoms with Crippen LogP contribution >= 0.6 is 0 Å². The second-order valence-corrected chi connectivity index (χ2v) is 16.0. The van der Waals surface area contributed by atoms with Gasteiger partial charge in [0.1, 0.15) is 56.2 Å². The van der Waals surface area contributed by atoms with E-state index < -0.39 is 0 Å². The number of para-hydroxylation sites is 4. The van der Waals surface area contributed by atoms with Gasteiger partial charge in [-0.1, -0.05) is 132 Å². The Morgan fingerprint density at radius 2 is 0.983 bits per heavy atom. The van der Waals surface area contributed by atoms with Crippen molar-refractivity contribution in [1.29, 1.82) is 0 Å². The predicted octanol–water partition coefficient (Wildman–Crippen LogP) is 5.19. The molecular weight excluding hydrogens is 711 g/mol. The van der Waals surface area contributed by atoms with Crippen LogP contribution < -0.4 is 27.3 Å². The van der Waals surface area contributed by atoms with Crippen molar-refractivity contribution in [3.05, 3.63) is 164 Å². The largest absolute Gasteiger partial charge is 0.456 e. The summed E-state index contributed by atoms with van der Waals surface area (Å²) in [5, 5.41) is 7.14. The second kappa shape index (κ2) is 13.6. The van der Waals surface area contributed by atoms with Gasteiger partial charge in [-0.25, -0.2) is 4.98 Å². The number of aromatic nitrogens is 2. The van der Waals surface area contributed by atoms with Gasteiger partial charge < -0.3 is 4.42 Å². The molecule has 0 bridgehead atoms. The van der Waals surface area contributed by atoms with E-state index in [4.69, 9.17) is 9.40 Å². The highest BCUT2D eigenvalue weighted by Gasteiger charge is 2.23. The fraction of sp³-hybridized carbons (Fsp3) is 0. The molecule has 0 unspecified atom stereocenters. The van der Waals surface area contributed by atoms with E-state index >= 15 is 0 Å². The first-order chi connectivity index (χ1) is 28.9. The molecule has 0 radical (unpaired) electrons. The normalized spacial score (nSPS) is 11.7. The number of hydrogen-bond donors (Lipinski definition) is 0. The number of fused-ring (bicyclic) bond motifs is 6. The van der Waals surface area contributed by atoms with Crippen LogP contribution in [0.25, 0.3) is 105 Å². The fourth-order valence-corrected chi connectivity index (χ4v) is 9.70. The second-order valence-electron chi connectivity index (χ2n) is 16.0. The Labute approximate surface area is 347 Å². The van der Waals surface area contributed by atoms with E-state index in [1.807, 2.05) is 0 Å². The maximum Gasteiger partial charge on any atom is 0.145 e. The molecule has 0 amide bonds. The van der Waals surface area contributed by atoms with Gasteiger partial charge >= 0.3 is 0 Å². The monoisotopic (exact) mass is 748 g/mol. The molecule has 0 saturated heterocycles. The minimum absolute atomic E-state index is 0.898. The van der Waals surface area contributed by atoms with Gasteiger partial charge in [-0.2, -0.15) is 0 Å². The van der Waals surface area contributed by atoms with E-state index in [1.54, 1.807) is 0 Å². The van der Waals surface area contributed by atoms with Crippen LogP contribution in [-0.4, -0.2) is 48.8 Å². The number of nitrogens with zero attached hydrogens (tertiary/aromatic N) is 2. The third kappa shape index (κ3) is 5.39. The zero-order valence-electron chi connectivity index (χ0n) is 33.9. The van der Waals surface area contributed by atoms with Gasteiger partial charge in [-0.3, -0.25) is 4.57 Å². The van der Waals surface area contributed by atoms with E-state index in [9.17, 15) is 0 Å². The Morgan fingerprint density at radius 3 is 1.75 bits per heavy atom. The summed E-state index contributed by atoms with van der Waals surface area (Å²) in [7, 11) is 11.4. The van der Waals surface area contributed by atoms with Gasteiger partial charge in [0, 0.05) is 22.0 Å². The molecule has 2 heterocycles. The Bertz CT molecular complexity index is 3470. The third-order valence-electron chi connectivity index (χ3n) is 13.0. The summed E-state index contributed by atoms with van der Waals surface area (Å²) < 4.78 is 8.76. The topological polar surface area (TPSA) is 31.0 Å². The van der Waals surface area contributed by atoms with Gasteiger partial charge in [-0.15, -0.1) is 16.4 Å². The summed E-state index contributed by atoms with van der Waals surface area (Å²) >= 11 is 0. The Morgan fingerprint density at radius 1 is 0.407 bits per heavy atom. The van der Waals surface area contributed by atoms with Crippen molar-refractivity contribution in [2.75, 3.05) is 0 Å². The molecule has 0 aliphatic carbocycles. The van der Waals surface area contributed by atoms with E-state index in [-0.39, 0.29) is 0 Å². The van der Waals surface area contributed by atoms with Crippen LogP contribution in [0, 0.1) is 0 Å². The molecule has 11 rings (SSSR count). The first-order valence-corrected chi connectivity index (χ1v) is 20.5. The third-order valence-corrected chi connectivity index (χ3v) is 13.0. The summed E-state index contributed by atoms with van der Waals surface area (Å²) in [6, 6.07) is 59.0. The summed E-state index contributed by atoms with van der Waals surface area (Å²) in [5.41, 5.74) is 20.1. The summed E-state index contributed by atoms with van der Waals surface area (Å²) in [4.78, 5) is 5.17. The summed E-state index contributed by atoms with van der Waals surface area (Å²) in [5.74, 6) is 0.925. The van der Waals surface area contributed by atoms with Crippen molar-refractivity contribution in [3.8, 4) is 50.5 Å². The van der Waals surface area contributed by atoms with E-state index in [0.717, 1.165) is 55.6 Å². The number of hydrogen-bond acceptors (Lipinski definition) is 2. The van der Waals surface area contributed by atoms with E-state index in [0.29, 0.717) is 0 Å². The summed E-state index contributed by atoms with van der Waals surface area (Å²) in [6.07, 6.45) is 0. The molecule has 0 atom stereocenters. The lowest BCUT2D eigenvalue weighted by atomic mass is 9.59. The average Bonchev–Trinajstić information content (AvgIpc) is 3.87. The van der Waals surface area contributed by atoms with Crippen LogP contribution in [0.15, 0.2) is 168 Å². The summed E-state index contributed by atoms with van der Waals surface area (Å²) in [6.45, 7) is 0. The first-order valence-electron chi connectivity index (χ1n) is 20.5. The molecular formula is C51H37B5N2O. The van der Waals surface area contributed by atoms with E-state index in [1.165, 1.54) is 76.7 Å². The predicted molar refractivity (Wildman–Crippen MR) is 266 cm³/mol. The lowest BCUT2D eigenvalue weighted by Crippen LogP contribution is -2.55. The Kier molecular flexibility index (Phi) is 8.13. The zero-order valence-corrected chi connectivity index (χ0v) is 33.9. The van der Waals surface area contributed by atoms with Crippen molar-refractivity contribution in [2.24, 2.45) is 0 Å². The van der Waals surface area contributed by atoms with Crippen molar-refractivity contribution >= 4 is 121 Å². The van der Waals surface area contributed by atoms with Crippen LogP contribution in [0.1, 0.15) is 0 Å². The highest BCUT2D eigenvalue weighted by Crippen LogP contribution is 2.48. The lowest BCUT2D eigenvalue weighted by Gasteiger charge is -2.22. The fourth-order valence-electron chi connectivity index (χ4n) is 9.70.